The number of carbonyl (C=O) groups is 1. The van der Waals surface area contributed by atoms with Gasteiger partial charge in [0.1, 0.15) is 5.01 Å². The molecule has 3 rings (SSSR count). The molecule has 0 atom stereocenters. The number of amides is 1. The van der Waals surface area contributed by atoms with E-state index in [2.05, 4.69) is 10.3 Å². The molecule has 3 aromatic rings. The lowest BCUT2D eigenvalue weighted by molar-refractivity contribution is -0.385. The molecule has 1 N–H and O–H groups in total. The quantitative estimate of drug-likeness (QED) is 0.576. The number of rotatable bonds is 5. The predicted octanol–water partition coefficient (Wildman–Crippen LogP) is 3.06. The van der Waals surface area contributed by atoms with Gasteiger partial charge in [0, 0.05) is 11.6 Å². The average molecular weight is 327 g/mol. The third-order valence-corrected chi connectivity index (χ3v) is 4.35. The minimum Gasteiger partial charge on any atom is -0.349 e. The Morgan fingerprint density at radius 2 is 1.91 bits per heavy atom. The number of nitro groups is 1. The topological polar surface area (TPSA) is 85.1 Å². The second-order valence-corrected chi connectivity index (χ2v) is 6.03. The van der Waals surface area contributed by atoms with Crippen molar-refractivity contribution in [3.05, 3.63) is 69.2 Å². The van der Waals surface area contributed by atoms with Crippen LogP contribution in [0, 0.1) is 10.1 Å². The summed E-state index contributed by atoms with van der Waals surface area (Å²) in [7, 11) is 0. The Morgan fingerprint density at radius 1 is 1.17 bits per heavy atom. The van der Waals surface area contributed by atoms with E-state index in [1.165, 1.54) is 17.4 Å². The van der Waals surface area contributed by atoms with Gasteiger partial charge in [0.2, 0.25) is 5.91 Å². The number of hydrogen-bond donors (Lipinski definition) is 1. The summed E-state index contributed by atoms with van der Waals surface area (Å²) in [5.74, 6) is -0.265. The molecular weight excluding hydrogens is 314 g/mol. The summed E-state index contributed by atoms with van der Waals surface area (Å²) in [6.07, 6.45) is -0.0257. The highest BCUT2D eigenvalue weighted by molar-refractivity contribution is 7.18. The lowest BCUT2D eigenvalue weighted by Gasteiger charge is -2.04. The first-order valence-electron chi connectivity index (χ1n) is 6.97. The molecule has 1 heterocycles. The Bertz CT molecular complexity index is 843. The molecule has 7 heteroatoms. The zero-order valence-corrected chi connectivity index (χ0v) is 12.9. The average Bonchev–Trinajstić information content (AvgIpc) is 2.96. The Morgan fingerprint density at radius 3 is 2.70 bits per heavy atom. The molecule has 116 valence electrons. The van der Waals surface area contributed by atoms with Crippen LogP contribution in [0.15, 0.2) is 48.5 Å². The van der Waals surface area contributed by atoms with Crippen molar-refractivity contribution in [1.29, 1.82) is 0 Å². The number of thiazole rings is 1. The normalized spacial score (nSPS) is 10.6. The molecule has 0 saturated carbocycles. The van der Waals surface area contributed by atoms with Crippen LogP contribution in [0.25, 0.3) is 10.2 Å². The van der Waals surface area contributed by atoms with Gasteiger partial charge in [-0.05, 0) is 12.1 Å². The Hall–Kier alpha value is -2.80. The molecule has 0 saturated heterocycles. The molecule has 0 unspecified atom stereocenters. The summed E-state index contributed by atoms with van der Waals surface area (Å²) in [5.41, 5.74) is 1.27. The minimum atomic E-state index is -0.476. The highest BCUT2D eigenvalue weighted by Gasteiger charge is 2.15. The highest BCUT2D eigenvalue weighted by atomic mass is 32.1. The number of aromatic nitrogens is 1. The van der Waals surface area contributed by atoms with E-state index in [0.29, 0.717) is 12.1 Å². The monoisotopic (exact) mass is 327 g/mol. The fourth-order valence-electron chi connectivity index (χ4n) is 2.24. The molecule has 0 aliphatic carbocycles. The molecule has 6 nitrogen and oxygen atoms in total. The van der Waals surface area contributed by atoms with Gasteiger partial charge in [-0.25, -0.2) is 4.98 Å². The maximum atomic E-state index is 12.0. The van der Waals surface area contributed by atoms with Crippen molar-refractivity contribution in [3.8, 4) is 0 Å². The number of carbonyl (C=O) groups excluding carboxylic acids is 1. The highest BCUT2D eigenvalue weighted by Crippen LogP contribution is 2.21. The van der Waals surface area contributed by atoms with E-state index in [0.717, 1.165) is 15.2 Å². The molecule has 0 aliphatic heterocycles. The number of benzene rings is 2. The predicted molar refractivity (Wildman–Crippen MR) is 88.3 cm³/mol. The fraction of sp³-hybridized carbons (Fsp3) is 0.125. The molecule has 0 bridgehead atoms. The van der Waals surface area contributed by atoms with Gasteiger partial charge in [-0.3, -0.25) is 14.9 Å². The van der Waals surface area contributed by atoms with Crippen LogP contribution in [-0.2, 0) is 17.8 Å². The van der Waals surface area contributed by atoms with Crippen molar-refractivity contribution >= 4 is 33.1 Å². The Labute approximate surface area is 135 Å². The van der Waals surface area contributed by atoms with Gasteiger partial charge in [0.25, 0.3) is 5.69 Å². The number of hydrogen-bond acceptors (Lipinski definition) is 5. The maximum Gasteiger partial charge on any atom is 0.273 e. The van der Waals surface area contributed by atoms with Gasteiger partial charge < -0.3 is 5.32 Å². The van der Waals surface area contributed by atoms with E-state index in [9.17, 15) is 14.9 Å². The van der Waals surface area contributed by atoms with Crippen LogP contribution < -0.4 is 5.32 Å². The van der Waals surface area contributed by atoms with Crippen molar-refractivity contribution in [2.24, 2.45) is 0 Å². The van der Waals surface area contributed by atoms with E-state index >= 15 is 0 Å². The molecule has 0 radical (unpaired) electrons. The third-order valence-electron chi connectivity index (χ3n) is 3.31. The van der Waals surface area contributed by atoms with Crippen molar-refractivity contribution in [3.63, 3.8) is 0 Å². The number of nitro benzene ring substituents is 1. The van der Waals surface area contributed by atoms with E-state index in [4.69, 9.17) is 0 Å². The van der Waals surface area contributed by atoms with Gasteiger partial charge in [0.05, 0.1) is 28.1 Å². The first-order valence-corrected chi connectivity index (χ1v) is 7.78. The standard InChI is InChI=1S/C16H13N3O3S/c20-15(9-11-5-1-3-7-13(11)19(21)22)17-10-16-18-12-6-2-4-8-14(12)23-16/h1-8H,9-10H2,(H,17,20). The van der Waals surface area contributed by atoms with Gasteiger partial charge in [-0.2, -0.15) is 0 Å². The van der Waals surface area contributed by atoms with E-state index in [1.807, 2.05) is 24.3 Å². The molecule has 0 spiro atoms. The van der Waals surface area contributed by atoms with E-state index in [-0.39, 0.29) is 18.0 Å². The zero-order chi connectivity index (χ0) is 16.2. The summed E-state index contributed by atoms with van der Waals surface area (Å²) >= 11 is 1.52. The second kappa shape index (κ2) is 6.53. The van der Waals surface area contributed by atoms with E-state index in [1.54, 1.807) is 18.2 Å². The Kier molecular flexibility index (Phi) is 4.29. The Balaban J connectivity index is 1.65. The number of fused-ring (bicyclic) bond motifs is 1. The van der Waals surface area contributed by atoms with Crippen LogP contribution in [0.5, 0.6) is 0 Å². The number of nitrogens with one attached hydrogen (secondary N) is 1. The summed E-state index contributed by atoms with van der Waals surface area (Å²) < 4.78 is 1.07. The van der Waals surface area contributed by atoms with Crippen LogP contribution in [0.1, 0.15) is 10.6 Å². The molecule has 0 aliphatic rings. The van der Waals surface area contributed by atoms with E-state index < -0.39 is 4.92 Å². The van der Waals surface area contributed by atoms with Crippen LogP contribution in [-0.4, -0.2) is 15.8 Å². The van der Waals surface area contributed by atoms with Gasteiger partial charge in [0.15, 0.2) is 0 Å². The van der Waals surface area contributed by atoms with Crippen LogP contribution in [0.4, 0.5) is 5.69 Å². The summed E-state index contributed by atoms with van der Waals surface area (Å²) in [6.45, 7) is 0.318. The van der Waals surface area contributed by atoms with Crippen molar-refractivity contribution in [1.82, 2.24) is 10.3 Å². The van der Waals surface area contributed by atoms with Crippen LogP contribution >= 0.6 is 11.3 Å². The second-order valence-electron chi connectivity index (χ2n) is 4.91. The van der Waals surface area contributed by atoms with Gasteiger partial charge in [-0.15, -0.1) is 11.3 Å². The first kappa shape index (κ1) is 15.1. The van der Waals surface area contributed by atoms with Crippen molar-refractivity contribution in [2.45, 2.75) is 13.0 Å². The van der Waals surface area contributed by atoms with Crippen LogP contribution in [0.3, 0.4) is 0 Å². The summed E-state index contributed by atoms with van der Waals surface area (Å²) in [5, 5.41) is 14.5. The van der Waals surface area contributed by atoms with Gasteiger partial charge in [-0.1, -0.05) is 30.3 Å². The third kappa shape index (κ3) is 3.51. The summed E-state index contributed by atoms with van der Waals surface area (Å²) in [6, 6.07) is 14.0. The number of nitrogens with zero attached hydrogens (tertiary/aromatic N) is 2. The fourth-order valence-corrected chi connectivity index (χ4v) is 3.15. The molecule has 1 amide bonds. The largest absolute Gasteiger partial charge is 0.349 e. The van der Waals surface area contributed by atoms with Crippen LogP contribution in [0.2, 0.25) is 0 Å². The lowest BCUT2D eigenvalue weighted by atomic mass is 10.1. The molecular formula is C16H13N3O3S. The summed E-state index contributed by atoms with van der Waals surface area (Å²) in [4.78, 5) is 26.9. The number of para-hydroxylation sites is 2. The molecule has 0 fully saturated rings. The molecule has 23 heavy (non-hydrogen) atoms. The SMILES string of the molecule is O=C(Cc1ccccc1[N+](=O)[O-])NCc1nc2ccccc2s1. The van der Waals surface area contributed by atoms with Crippen molar-refractivity contribution in [2.75, 3.05) is 0 Å². The smallest absolute Gasteiger partial charge is 0.273 e. The first-order chi connectivity index (χ1) is 11.1. The van der Waals surface area contributed by atoms with Gasteiger partial charge >= 0.3 is 0 Å². The maximum absolute atomic E-state index is 12.0. The molecule has 2 aromatic carbocycles. The zero-order valence-electron chi connectivity index (χ0n) is 12.1. The van der Waals surface area contributed by atoms with Crippen molar-refractivity contribution < 1.29 is 9.72 Å². The lowest BCUT2D eigenvalue weighted by Crippen LogP contribution is -2.24. The molecule has 1 aromatic heterocycles. The minimum absolute atomic E-state index is 0.0257.